The van der Waals surface area contributed by atoms with Crippen LogP contribution in [0.5, 0.6) is 0 Å². The lowest BCUT2D eigenvalue weighted by Crippen LogP contribution is -2.34. The van der Waals surface area contributed by atoms with Crippen LogP contribution in [0.2, 0.25) is 0 Å². The van der Waals surface area contributed by atoms with E-state index in [1.54, 1.807) is 0 Å². The van der Waals surface area contributed by atoms with Crippen molar-refractivity contribution in [3.63, 3.8) is 0 Å². The van der Waals surface area contributed by atoms with Crippen molar-refractivity contribution in [3.05, 3.63) is 0 Å². The molecule has 0 bridgehead atoms. The van der Waals surface area contributed by atoms with Crippen molar-refractivity contribution in [2.45, 2.75) is 46.5 Å². The quantitative estimate of drug-likeness (QED) is 0.737. The van der Waals surface area contributed by atoms with Crippen LogP contribution in [0, 0.1) is 17.3 Å². The lowest BCUT2D eigenvalue weighted by Gasteiger charge is -2.31. The molecule has 1 unspecified atom stereocenters. The second-order valence-electron chi connectivity index (χ2n) is 6.20. The molecule has 0 aromatic rings. The Kier molecular flexibility index (Phi) is 7.67. The van der Waals surface area contributed by atoms with Gasteiger partial charge in [-0.25, -0.2) is 0 Å². The van der Waals surface area contributed by atoms with E-state index in [9.17, 15) is 13.2 Å². The average Bonchev–Trinajstić information content (AvgIpc) is 2.11. The third kappa shape index (κ3) is 10.1. The van der Waals surface area contributed by atoms with Crippen LogP contribution in [0.1, 0.15) is 41.0 Å². The molecule has 0 heterocycles. The summed E-state index contributed by atoms with van der Waals surface area (Å²) in [6.45, 7) is 12.2. The molecule has 0 aliphatic carbocycles. The molecule has 0 amide bonds. The molecule has 1 nitrogen and oxygen atoms in total. The molecule has 110 valence electrons. The molecule has 0 saturated carbocycles. The van der Waals surface area contributed by atoms with E-state index in [1.165, 1.54) is 0 Å². The van der Waals surface area contributed by atoms with Gasteiger partial charge < -0.3 is 5.32 Å². The van der Waals surface area contributed by atoms with Gasteiger partial charge >= 0.3 is 5.51 Å². The Balaban J connectivity index is 4.09. The van der Waals surface area contributed by atoms with Gasteiger partial charge in [-0.15, -0.1) is 0 Å². The molecular formula is C13H26F3NS. The minimum atomic E-state index is -4.10. The summed E-state index contributed by atoms with van der Waals surface area (Å²) in [5, 5.41) is 3.35. The third-order valence-electron chi connectivity index (χ3n) is 2.90. The summed E-state index contributed by atoms with van der Waals surface area (Å²) in [5.41, 5.74) is -4.07. The average molecular weight is 285 g/mol. The number of rotatable bonds is 7. The molecule has 0 aromatic carbocycles. The van der Waals surface area contributed by atoms with Gasteiger partial charge in [0.25, 0.3) is 0 Å². The van der Waals surface area contributed by atoms with E-state index in [-0.39, 0.29) is 28.8 Å². The van der Waals surface area contributed by atoms with E-state index in [0.717, 1.165) is 13.1 Å². The predicted molar refractivity (Wildman–Crippen MR) is 73.8 cm³/mol. The Hall–Kier alpha value is 0.100. The predicted octanol–water partition coefficient (Wildman–Crippen LogP) is 4.54. The highest BCUT2D eigenvalue weighted by Gasteiger charge is 2.30. The lowest BCUT2D eigenvalue weighted by atomic mass is 9.79. The van der Waals surface area contributed by atoms with Crippen LogP contribution in [0.15, 0.2) is 0 Å². The molecule has 0 aliphatic rings. The Bertz CT molecular complexity index is 221. The summed E-state index contributed by atoms with van der Waals surface area (Å²) in [5.74, 6) is 0.982. The van der Waals surface area contributed by atoms with Crippen molar-refractivity contribution in [3.8, 4) is 0 Å². The molecule has 0 radical (unpaired) electrons. The number of hydrogen-bond donors (Lipinski definition) is 1. The summed E-state index contributed by atoms with van der Waals surface area (Å²) in [4.78, 5) is 0. The molecule has 1 atom stereocenters. The standard InChI is InChI=1S/C13H26F3NS/c1-10(2)8-17-9-11(12(3,4)5)6-7-18-13(14,15)16/h10-11,17H,6-9H2,1-5H3. The van der Waals surface area contributed by atoms with Crippen molar-refractivity contribution in [2.24, 2.45) is 17.3 Å². The zero-order valence-corrected chi connectivity index (χ0v) is 12.8. The summed E-state index contributed by atoms with van der Waals surface area (Å²) < 4.78 is 36.3. The normalized spacial score (nSPS) is 15.2. The largest absolute Gasteiger partial charge is 0.441 e. The summed E-state index contributed by atoms with van der Waals surface area (Å²) in [7, 11) is 0. The van der Waals surface area contributed by atoms with Crippen LogP contribution in [-0.2, 0) is 0 Å². The second kappa shape index (κ2) is 7.63. The molecule has 0 spiro atoms. The minimum Gasteiger partial charge on any atom is -0.316 e. The Morgan fingerprint density at radius 3 is 2.00 bits per heavy atom. The first-order valence-corrected chi connectivity index (χ1v) is 7.42. The van der Waals surface area contributed by atoms with Crippen LogP contribution in [-0.4, -0.2) is 24.4 Å². The van der Waals surface area contributed by atoms with Crippen LogP contribution in [0.3, 0.4) is 0 Å². The first-order chi connectivity index (χ1) is 8.02. The summed E-state index contributed by atoms with van der Waals surface area (Å²) in [6.07, 6.45) is 0.596. The van der Waals surface area contributed by atoms with Crippen molar-refractivity contribution in [1.29, 1.82) is 0 Å². The fourth-order valence-electron chi connectivity index (χ4n) is 1.70. The molecule has 0 aliphatic heterocycles. The molecule has 18 heavy (non-hydrogen) atoms. The van der Waals surface area contributed by atoms with Crippen LogP contribution in [0.25, 0.3) is 0 Å². The van der Waals surface area contributed by atoms with E-state index in [2.05, 4.69) is 39.9 Å². The molecule has 5 heteroatoms. The monoisotopic (exact) mass is 285 g/mol. The zero-order chi connectivity index (χ0) is 14.4. The highest BCUT2D eigenvalue weighted by atomic mass is 32.2. The first-order valence-electron chi connectivity index (χ1n) is 6.43. The van der Waals surface area contributed by atoms with Crippen molar-refractivity contribution in [1.82, 2.24) is 5.32 Å². The maximum atomic E-state index is 12.1. The number of nitrogens with one attached hydrogen (secondary N) is 1. The van der Waals surface area contributed by atoms with Gasteiger partial charge in [0.1, 0.15) is 0 Å². The number of alkyl halides is 3. The maximum absolute atomic E-state index is 12.1. The van der Waals surface area contributed by atoms with Crippen molar-refractivity contribution < 1.29 is 13.2 Å². The van der Waals surface area contributed by atoms with Gasteiger partial charge in [0.2, 0.25) is 0 Å². The molecule has 0 aromatic heterocycles. The van der Waals surface area contributed by atoms with E-state index >= 15 is 0 Å². The van der Waals surface area contributed by atoms with Crippen molar-refractivity contribution >= 4 is 11.8 Å². The van der Waals surface area contributed by atoms with Crippen LogP contribution in [0.4, 0.5) is 13.2 Å². The summed E-state index contributed by atoms with van der Waals surface area (Å²) >= 11 is 0.0900. The Morgan fingerprint density at radius 2 is 1.61 bits per heavy atom. The van der Waals surface area contributed by atoms with Gasteiger partial charge in [-0.05, 0) is 36.8 Å². The van der Waals surface area contributed by atoms with E-state index < -0.39 is 5.51 Å². The van der Waals surface area contributed by atoms with Gasteiger partial charge in [0.15, 0.2) is 0 Å². The number of halogens is 3. The molecule has 0 rings (SSSR count). The highest BCUT2D eigenvalue weighted by molar-refractivity contribution is 8.00. The molecule has 0 saturated heterocycles. The summed E-state index contributed by atoms with van der Waals surface area (Å²) in [6, 6.07) is 0. The van der Waals surface area contributed by atoms with Gasteiger partial charge in [-0.1, -0.05) is 46.4 Å². The van der Waals surface area contributed by atoms with Gasteiger partial charge in [0, 0.05) is 5.75 Å². The lowest BCUT2D eigenvalue weighted by molar-refractivity contribution is -0.0329. The zero-order valence-electron chi connectivity index (χ0n) is 12.0. The molecule has 0 fully saturated rings. The van der Waals surface area contributed by atoms with E-state index in [0.29, 0.717) is 12.3 Å². The van der Waals surface area contributed by atoms with Crippen molar-refractivity contribution in [2.75, 3.05) is 18.8 Å². The third-order valence-corrected chi connectivity index (χ3v) is 3.67. The van der Waals surface area contributed by atoms with Gasteiger partial charge in [0.05, 0.1) is 0 Å². The van der Waals surface area contributed by atoms with E-state index in [4.69, 9.17) is 0 Å². The first kappa shape index (κ1) is 18.1. The second-order valence-corrected chi connectivity index (χ2v) is 7.36. The van der Waals surface area contributed by atoms with Gasteiger partial charge in [-0.2, -0.15) is 13.2 Å². The fourth-order valence-corrected chi connectivity index (χ4v) is 2.34. The Labute approximate surface area is 113 Å². The fraction of sp³-hybridized carbons (Fsp3) is 1.00. The molecule has 1 N–H and O–H groups in total. The Morgan fingerprint density at radius 1 is 1.06 bits per heavy atom. The molecular weight excluding hydrogens is 259 g/mol. The maximum Gasteiger partial charge on any atom is 0.441 e. The number of thioether (sulfide) groups is 1. The van der Waals surface area contributed by atoms with E-state index in [1.807, 2.05) is 0 Å². The highest BCUT2D eigenvalue weighted by Crippen LogP contribution is 2.34. The smallest absolute Gasteiger partial charge is 0.316 e. The van der Waals surface area contributed by atoms with Crippen LogP contribution < -0.4 is 5.32 Å². The topological polar surface area (TPSA) is 12.0 Å². The van der Waals surface area contributed by atoms with Gasteiger partial charge in [-0.3, -0.25) is 0 Å². The minimum absolute atomic E-state index is 0.0378. The van der Waals surface area contributed by atoms with Crippen LogP contribution >= 0.6 is 11.8 Å². The number of hydrogen-bond acceptors (Lipinski definition) is 2. The SMILES string of the molecule is CC(C)CNCC(CCSC(F)(F)F)C(C)(C)C.